The van der Waals surface area contributed by atoms with Gasteiger partial charge in [-0.3, -0.25) is 4.79 Å². The number of anilines is 1. The third-order valence-electron chi connectivity index (χ3n) is 3.79. The van der Waals surface area contributed by atoms with Crippen LogP contribution in [-0.4, -0.2) is 18.1 Å². The summed E-state index contributed by atoms with van der Waals surface area (Å²) >= 11 is 5.85. The molecule has 0 aliphatic heterocycles. The molecule has 1 aromatic rings. The fraction of sp³-hybridized carbons (Fsp3) is 0.500. The molecule has 0 unspecified atom stereocenters. The van der Waals surface area contributed by atoms with Gasteiger partial charge in [0.15, 0.2) is 0 Å². The van der Waals surface area contributed by atoms with Crippen molar-refractivity contribution in [3.8, 4) is 0 Å². The quantitative estimate of drug-likeness (QED) is 0.885. The number of carbonyl (C=O) groups is 1. The molecule has 1 aliphatic carbocycles. The maximum Gasteiger partial charge on any atom is 0.391 e. The van der Waals surface area contributed by atoms with E-state index in [4.69, 9.17) is 17.3 Å². The smallest absolute Gasteiger partial charge is 0.382 e. The molecule has 1 fully saturated rings. The molecule has 0 bridgehead atoms. The molecule has 7 heteroatoms. The lowest BCUT2D eigenvalue weighted by molar-refractivity contribution is -0.182. The Morgan fingerprint density at radius 3 is 2.38 bits per heavy atom. The summed E-state index contributed by atoms with van der Waals surface area (Å²) in [5, 5.41) is 3.40. The van der Waals surface area contributed by atoms with Gasteiger partial charge in [-0.25, -0.2) is 0 Å². The third kappa shape index (κ3) is 4.03. The minimum Gasteiger partial charge on any atom is -0.382 e. The van der Waals surface area contributed by atoms with Gasteiger partial charge in [0, 0.05) is 11.7 Å². The number of nitrogens with two attached hydrogens (primary N) is 1. The van der Waals surface area contributed by atoms with E-state index < -0.39 is 18.0 Å². The topological polar surface area (TPSA) is 55.1 Å². The molecule has 0 spiro atoms. The minimum absolute atomic E-state index is 0.0366. The van der Waals surface area contributed by atoms with Crippen LogP contribution in [0.25, 0.3) is 0 Å². The number of amides is 1. The van der Waals surface area contributed by atoms with Gasteiger partial charge in [0.05, 0.1) is 16.5 Å². The average Bonchev–Trinajstić information content (AvgIpc) is 2.40. The first-order valence-electron chi connectivity index (χ1n) is 6.70. The molecule has 21 heavy (non-hydrogen) atoms. The van der Waals surface area contributed by atoms with Crippen molar-refractivity contribution in [1.29, 1.82) is 0 Å². The van der Waals surface area contributed by atoms with Crippen LogP contribution in [-0.2, 0) is 0 Å². The summed E-state index contributed by atoms with van der Waals surface area (Å²) in [6, 6.07) is 4.72. The zero-order valence-corrected chi connectivity index (χ0v) is 12.0. The summed E-state index contributed by atoms with van der Waals surface area (Å²) in [6.45, 7) is 0. The first-order valence-corrected chi connectivity index (χ1v) is 7.08. The highest BCUT2D eigenvalue weighted by atomic mass is 35.5. The molecule has 0 atom stereocenters. The maximum atomic E-state index is 12.6. The van der Waals surface area contributed by atoms with Crippen molar-refractivity contribution in [2.45, 2.75) is 37.9 Å². The highest BCUT2D eigenvalue weighted by molar-refractivity contribution is 6.33. The Balaban J connectivity index is 1.98. The summed E-state index contributed by atoms with van der Waals surface area (Å²) in [5.74, 6) is -1.84. The van der Waals surface area contributed by atoms with E-state index >= 15 is 0 Å². The molecule has 0 heterocycles. The summed E-state index contributed by atoms with van der Waals surface area (Å²) in [6.07, 6.45) is -2.98. The van der Waals surface area contributed by atoms with E-state index in [9.17, 15) is 18.0 Å². The van der Waals surface area contributed by atoms with Crippen molar-refractivity contribution in [2.24, 2.45) is 11.7 Å². The molecule has 3 N–H and O–H groups in total. The lowest BCUT2D eigenvalue weighted by atomic mass is 9.85. The predicted molar refractivity (Wildman–Crippen MR) is 75.4 cm³/mol. The third-order valence-corrected chi connectivity index (χ3v) is 4.12. The second-order valence-electron chi connectivity index (χ2n) is 5.29. The number of primary amides is 1. The van der Waals surface area contributed by atoms with Crippen molar-refractivity contribution in [3.05, 3.63) is 28.8 Å². The van der Waals surface area contributed by atoms with Crippen LogP contribution < -0.4 is 11.1 Å². The van der Waals surface area contributed by atoms with Crippen LogP contribution in [0.4, 0.5) is 18.9 Å². The van der Waals surface area contributed by atoms with Gasteiger partial charge in [0.2, 0.25) is 5.91 Å². The van der Waals surface area contributed by atoms with Crippen LogP contribution in [0.2, 0.25) is 5.02 Å². The van der Waals surface area contributed by atoms with Crippen molar-refractivity contribution < 1.29 is 18.0 Å². The van der Waals surface area contributed by atoms with Crippen molar-refractivity contribution in [3.63, 3.8) is 0 Å². The monoisotopic (exact) mass is 320 g/mol. The molecule has 0 saturated heterocycles. The SMILES string of the molecule is NC(=O)c1cc(NC2CCC(C(F)(F)F)CC2)ccc1Cl. The molecule has 1 saturated carbocycles. The van der Waals surface area contributed by atoms with E-state index in [-0.39, 0.29) is 29.5 Å². The number of carbonyl (C=O) groups excluding carboxylic acids is 1. The molecule has 0 radical (unpaired) electrons. The van der Waals surface area contributed by atoms with Gasteiger partial charge in [0.1, 0.15) is 0 Å². The van der Waals surface area contributed by atoms with Crippen LogP contribution in [0, 0.1) is 5.92 Å². The Hall–Kier alpha value is -1.43. The number of alkyl halides is 3. The highest BCUT2D eigenvalue weighted by Crippen LogP contribution is 2.38. The van der Waals surface area contributed by atoms with Gasteiger partial charge in [-0.15, -0.1) is 0 Å². The zero-order chi connectivity index (χ0) is 15.6. The van der Waals surface area contributed by atoms with Gasteiger partial charge in [-0.2, -0.15) is 13.2 Å². The van der Waals surface area contributed by atoms with E-state index in [1.807, 2.05) is 0 Å². The Morgan fingerprint density at radius 2 is 1.86 bits per heavy atom. The van der Waals surface area contributed by atoms with E-state index in [1.165, 1.54) is 6.07 Å². The summed E-state index contributed by atoms with van der Waals surface area (Å²) in [4.78, 5) is 11.2. The molecule has 3 nitrogen and oxygen atoms in total. The Bertz CT molecular complexity index is 525. The van der Waals surface area contributed by atoms with Gasteiger partial charge < -0.3 is 11.1 Å². The Kier molecular flexibility index (Phi) is 4.66. The number of hydrogen-bond acceptors (Lipinski definition) is 2. The van der Waals surface area contributed by atoms with Gasteiger partial charge in [-0.05, 0) is 43.9 Å². The van der Waals surface area contributed by atoms with Gasteiger partial charge >= 0.3 is 6.18 Å². The fourth-order valence-corrected chi connectivity index (χ4v) is 2.82. The molecule has 116 valence electrons. The van der Waals surface area contributed by atoms with Gasteiger partial charge in [-0.1, -0.05) is 11.6 Å². The summed E-state index contributed by atoms with van der Waals surface area (Å²) in [7, 11) is 0. The fourth-order valence-electron chi connectivity index (χ4n) is 2.60. The minimum atomic E-state index is -4.11. The average molecular weight is 321 g/mol. The van der Waals surface area contributed by atoms with E-state index in [1.54, 1.807) is 12.1 Å². The summed E-state index contributed by atoms with van der Waals surface area (Å²) in [5.41, 5.74) is 6.05. The standard InChI is InChI=1S/C14H16ClF3N2O/c15-12-6-5-10(7-11(12)13(19)21)20-9-3-1-8(2-4-9)14(16,17)18/h5-9,20H,1-4H2,(H2,19,21). The molecule has 0 aromatic heterocycles. The lowest BCUT2D eigenvalue weighted by Gasteiger charge is -2.31. The number of halogens is 4. The Labute approximate surface area is 125 Å². The molecule has 1 amide bonds. The molecule has 1 aromatic carbocycles. The maximum absolute atomic E-state index is 12.6. The first kappa shape index (κ1) is 15.9. The van der Waals surface area contributed by atoms with Gasteiger partial charge in [0.25, 0.3) is 0 Å². The van der Waals surface area contributed by atoms with E-state index in [0.717, 1.165) is 0 Å². The van der Waals surface area contributed by atoms with E-state index in [0.29, 0.717) is 18.5 Å². The van der Waals surface area contributed by atoms with Crippen LogP contribution in [0.1, 0.15) is 36.0 Å². The van der Waals surface area contributed by atoms with Crippen molar-refractivity contribution >= 4 is 23.2 Å². The van der Waals surface area contributed by atoms with Crippen molar-refractivity contribution in [2.75, 3.05) is 5.32 Å². The van der Waals surface area contributed by atoms with Crippen LogP contribution in [0.5, 0.6) is 0 Å². The summed E-state index contributed by atoms with van der Waals surface area (Å²) < 4.78 is 37.8. The van der Waals surface area contributed by atoms with Crippen LogP contribution in [0.3, 0.4) is 0 Å². The molecule has 1 aliphatic rings. The number of rotatable bonds is 3. The lowest BCUT2D eigenvalue weighted by Crippen LogP contribution is -2.32. The predicted octanol–water partition coefficient (Wildman–Crippen LogP) is 3.97. The normalized spacial score (nSPS) is 22.9. The van der Waals surface area contributed by atoms with Crippen molar-refractivity contribution in [1.82, 2.24) is 0 Å². The Morgan fingerprint density at radius 1 is 1.24 bits per heavy atom. The first-order chi connectivity index (χ1) is 9.77. The zero-order valence-electron chi connectivity index (χ0n) is 11.2. The van der Waals surface area contributed by atoms with Crippen LogP contribution >= 0.6 is 11.6 Å². The number of benzene rings is 1. The molecular weight excluding hydrogens is 305 g/mol. The van der Waals surface area contributed by atoms with Crippen LogP contribution in [0.15, 0.2) is 18.2 Å². The second kappa shape index (κ2) is 6.13. The largest absolute Gasteiger partial charge is 0.391 e. The number of nitrogens with one attached hydrogen (secondary N) is 1. The molecular formula is C14H16ClF3N2O. The van der Waals surface area contributed by atoms with E-state index in [2.05, 4.69) is 5.32 Å². The number of hydrogen-bond donors (Lipinski definition) is 2. The highest BCUT2D eigenvalue weighted by Gasteiger charge is 2.41. The second-order valence-corrected chi connectivity index (χ2v) is 5.70. The molecule has 2 rings (SSSR count).